The normalized spacial score (nSPS) is 15.4. The molecule has 0 saturated carbocycles. The zero-order chi connectivity index (χ0) is 24.2. The largest absolute Gasteiger partial charge is 0.395 e. The van der Waals surface area contributed by atoms with Crippen LogP contribution in [0.2, 0.25) is 0 Å². The molecule has 3 rings (SSSR count). The lowest BCUT2D eigenvalue weighted by atomic mass is 9.89. The summed E-state index contributed by atoms with van der Waals surface area (Å²) in [5, 5.41) is 8.81. The minimum atomic E-state index is -3.64. The molecule has 0 spiro atoms. The van der Waals surface area contributed by atoms with Crippen molar-refractivity contribution in [3.63, 3.8) is 0 Å². The van der Waals surface area contributed by atoms with Crippen molar-refractivity contribution in [2.45, 2.75) is 30.6 Å². The molecule has 1 aliphatic heterocycles. The first-order valence-electron chi connectivity index (χ1n) is 10.6. The number of piperidine rings is 1. The van der Waals surface area contributed by atoms with E-state index in [9.17, 15) is 21.6 Å². The predicted molar refractivity (Wildman–Crippen MR) is 126 cm³/mol. The van der Waals surface area contributed by atoms with Crippen molar-refractivity contribution in [3.05, 3.63) is 59.2 Å². The topological polar surface area (TPSA) is 133 Å². The third kappa shape index (κ3) is 6.53. The summed E-state index contributed by atoms with van der Waals surface area (Å²) in [6, 6.07) is 11.7. The molecule has 0 aromatic heterocycles. The van der Waals surface area contributed by atoms with Crippen LogP contribution in [0.25, 0.3) is 0 Å². The summed E-state index contributed by atoms with van der Waals surface area (Å²) in [5.74, 6) is 0.0538. The van der Waals surface area contributed by atoms with Gasteiger partial charge in [-0.1, -0.05) is 18.2 Å². The SMILES string of the molecule is Cc1ccc(C(=O)N2CCC(c3ccc(S(=O)(=O)NCCO)cc3)CC2)cc1NS(C)(=O)=O. The molecular weight excluding hydrogens is 466 g/mol. The number of likely N-dealkylation sites (tertiary alicyclic amines) is 1. The van der Waals surface area contributed by atoms with Crippen molar-refractivity contribution in [2.75, 3.05) is 37.2 Å². The third-order valence-corrected chi connectivity index (χ3v) is 7.70. The van der Waals surface area contributed by atoms with Crippen molar-refractivity contribution in [2.24, 2.45) is 0 Å². The van der Waals surface area contributed by atoms with Crippen LogP contribution in [-0.2, 0) is 20.0 Å². The number of nitrogens with one attached hydrogen (secondary N) is 2. The molecule has 3 N–H and O–H groups in total. The van der Waals surface area contributed by atoms with E-state index in [4.69, 9.17) is 5.11 Å². The van der Waals surface area contributed by atoms with E-state index >= 15 is 0 Å². The lowest BCUT2D eigenvalue weighted by Crippen LogP contribution is -2.38. The summed E-state index contributed by atoms with van der Waals surface area (Å²) in [6.45, 7) is 2.55. The second-order valence-electron chi connectivity index (χ2n) is 8.16. The van der Waals surface area contributed by atoms with Crippen LogP contribution in [0, 0.1) is 6.92 Å². The van der Waals surface area contributed by atoms with Crippen LogP contribution in [0.3, 0.4) is 0 Å². The number of aliphatic hydroxyl groups excluding tert-OH is 1. The minimum absolute atomic E-state index is 0.0383. The summed E-state index contributed by atoms with van der Waals surface area (Å²) in [4.78, 5) is 14.9. The van der Waals surface area contributed by atoms with Crippen molar-refractivity contribution in [1.82, 2.24) is 9.62 Å². The first-order chi connectivity index (χ1) is 15.5. The second-order valence-corrected chi connectivity index (χ2v) is 11.7. The zero-order valence-corrected chi connectivity index (χ0v) is 20.2. The quantitative estimate of drug-likeness (QED) is 0.510. The molecule has 33 heavy (non-hydrogen) atoms. The highest BCUT2D eigenvalue weighted by molar-refractivity contribution is 7.92. The fourth-order valence-corrected chi connectivity index (χ4v) is 5.49. The van der Waals surface area contributed by atoms with E-state index in [1.54, 1.807) is 54.3 Å². The van der Waals surface area contributed by atoms with Crippen LogP contribution in [-0.4, -0.2) is 65.2 Å². The Hall–Kier alpha value is -2.47. The maximum absolute atomic E-state index is 13.0. The van der Waals surface area contributed by atoms with Gasteiger partial charge in [-0.05, 0) is 61.1 Å². The highest BCUT2D eigenvalue weighted by Crippen LogP contribution is 2.30. The molecule has 180 valence electrons. The summed E-state index contributed by atoms with van der Waals surface area (Å²) in [7, 11) is -7.09. The van der Waals surface area contributed by atoms with Crippen LogP contribution in [0.15, 0.2) is 47.4 Å². The molecule has 2 aromatic carbocycles. The molecule has 9 nitrogen and oxygen atoms in total. The molecule has 0 bridgehead atoms. The minimum Gasteiger partial charge on any atom is -0.395 e. The van der Waals surface area contributed by atoms with Gasteiger partial charge in [0.05, 0.1) is 23.4 Å². The Bertz CT molecular complexity index is 1200. The first-order valence-corrected chi connectivity index (χ1v) is 14.0. The average Bonchev–Trinajstić information content (AvgIpc) is 2.78. The van der Waals surface area contributed by atoms with Gasteiger partial charge in [0.1, 0.15) is 0 Å². The summed E-state index contributed by atoms with van der Waals surface area (Å²) in [5.41, 5.74) is 2.56. The Morgan fingerprint density at radius 2 is 1.70 bits per heavy atom. The van der Waals surface area contributed by atoms with Gasteiger partial charge < -0.3 is 10.0 Å². The first kappa shape index (κ1) is 25.2. The second kappa shape index (κ2) is 10.2. The van der Waals surface area contributed by atoms with Crippen molar-refractivity contribution >= 4 is 31.6 Å². The van der Waals surface area contributed by atoms with Gasteiger partial charge in [-0.25, -0.2) is 21.6 Å². The van der Waals surface area contributed by atoms with Gasteiger partial charge in [-0.3, -0.25) is 9.52 Å². The number of benzene rings is 2. The molecule has 1 amide bonds. The number of rotatable bonds is 8. The average molecular weight is 496 g/mol. The molecule has 0 radical (unpaired) electrons. The van der Waals surface area contributed by atoms with Gasteiger partial charge >= 0.3 is 0 Å². The number of amides is 1. The van der Waals surface area contributed by atoms with Gasteiger partial charge in [-0.2, -0.15) is 0 Å². The van der Waals surface area contributed by atoms with Crippen LogP contribution < -0.4 is 9.44 Å². The van der Waals surface area contributed by atoms with Crippen LogP contribution >= 0.6 is 0 Å². The van der Waals surface area contributed by atoms with Gasteiger partial charge in [0, 0.05) is 25.2 Å². The Morgan fingerprint density at radius 3 is 2.27 bits per heavy atom. The van der Waals surface area contributed by atoms with Crippen LogP contribution in [0.4, 0.5) is 5.69 Å². The smallest absolute Gasteiger partial charge is 0.253 e. The van der Waals surface area contributed by atoms with E-state index in [2.05, 4.69) is 9.44 Å². The predicted octanol–water partition coefficient (Wildman–Crippen LogP) is 1.66. The van der Waals surface area contributed by atoms with Gasteiger partial charge in [0.25, 0.3) is 5.91 Å². The number of sulfonamides is 2. The number of hydrogen-bond acceptors (Lipinski definition) is 6. The van der Waals surface area contributed by atoms with E-state index in [0.717, 1.165) is 30.2 Å². The Balaban J connectivity index is 1.64. The Labute approximate surface area is 194 Å². The summed E-state index contributed by atoms with van der Waals surface area (Å²) < 4.78 is 52.2. The maximum atomic E-state index is 13.0. The number of nitrogens with zero attached hydrogens (tertiary/aromatic N) is 1. The number of hydrogen-bond donors (Lipinski definition) is 3. The van der Waals surface area contributed by atoms with Crippen molar-refractivity contribution in [3.8, 4) is 0 Å². The molecule has 0 unspecified atom stereocenters. The van der Waals surface area contributed by atoms with E-state index in [1.165, 1.54) is 0 Å². The number of carbonyl (C=O) groups is 1. The number of carbonyl (C=O) groups excluding carboxylic acids is 1. The third-order valence-electron chi connectivity index (χ3n) is 5.63. The van der Waals surface area contributed by atoms with E-state index < -0.39 is 20.0 Å². The fraction of sp³-hybridized carbons (Fsp3) is 0.409. The van der Waals surface area contributed by atoms with E-state index in [0.29, 0.717) is 24.3 Å². The lowest BCUT2D eigenvalue weighted by Gasteiger charge is -2.32. The number of aryl methyl sites for hydroxylation is 1. The molecule has 0 aliphatic carbocycles. The molecule has 1 aliphatic rings. The van der Waals surface area contributed by atoms with E-state index in [1.807, 2.05) is 0 Å². The Morgan fingerprint density at radius 1 is 1.06 bits per heavy atom. The zero-order valence-electron chi connectivity index (χ0n) is 18.6. The highest BCUT2D eigenvalue weighted by Gasteiger charge is 2.25. The molecule has 0 atom stereocenters. The van der Waals surface area contributed by atoms with Gasteiger partial charge in [-0.15, -0.1) is 0 Å². The maximum Gasteiger partial charge on any atom is 0.253 e. The monoisotopic (exact) mass is 495 g/mol. The van der Waals surface area contributed by atoms with Gasteiger partial charge in [0.2, 0.25) is 20.0 Å². The molecule has 1 fully saturated rings. The molecular formula is C22H29N3O6S2. The molecule has 1 heterocycles. The summed E-state index contributed by atoms with van der Waals surface area (Å²) in [6.07, 6.45) is 2.54. The number of anilines is 1. The Kier molecular flexibility index (Phi) is 7.78. The lowest BCUT2D eigenvalue weighted by molar-refractivity contribution is 0.0713. The summed E-state index contributed by atoms with van der Waals surface area (Å²) >= 11 is 0. The van der Waals surface area contributed by atoms with Crippen LogP contribution in [0.1, 0.15) is 40.2 Å². The van der Waals surface area contributed by atoms with Crippen molar-refractivity contribution < 1.29 is 26.7 Å². The van der Waals surface area contributed by atoms with Crippen molar-refractivity contribution in [1.29, 1.82) is 0 Å². The highest BCUT2D eigenvalue weighted by atomic mass is 32.2. The molecule has 1 saturated heterocycles. The standard InChI is InChI=1S/C22H29N3O6S2/c1-16-3-4-19(15-21(16)24-32(2,28)29)22(27)25-12-9-18(10-13-25)17-5-7-20(8-6-17)33(30,31)23-11-14-26/h3-8,15,18,23-24,26H,9-14H2,1-2H3. The fourth-order valence-electron chi connectivity index (χ4n) is 3.85. The van der Waals surface area contributed by atoms with E-state index in [-0.39, 0.29) is 29.9 Å². The van der Waals surface area contributed by atoms with Gasteiger partial charge in [0.15, 0.2) is 0 Å². The van der Waals surface area contributed by atoms with Crippen LogP contribution in [0.5, 0.6) is 0 Å². The number of aliphatic hydroxyl groups is 1. The molecule has 2 aromatic rings. The molecule has 11 heteroatoms.